The zero-order chi connectivity index (χ0) is 9.71. The van der Waals surface area contributed by atoms with Crippen molar-refractivity contribution in [1.82, 2.24) is 10.2 Å². The highest BCUT2D eigenvalue weighted by atomic mass is 16.2. The molecule has 1 aliphatic carbocycles. The van der Waals surface area contributed by atoms with Crippen molar-refractivity contribution in [1.29, 1.82) is 0 Å². The smallest absolute Gasteiger partial charge is 0.226 e. The van der Waals surface area contributed by atoms with Crippen LogP contribution in [0.25, 0.3) is 0 Å². The van der Waals surface area contributed by atoms with E-state index in [4.69, 9.17) is 0 Å². The molecular formula is C11H18N2O. The molecule has 1 amide bonds. The molecular weight excluding hydrogens is 176 g/mol. The molecule has 2 saturated heterocycles. The number of nitrogens with zero attached hydrogens (tertiary/aromatic N) is 1. The fourth-order valence-electron chi connectivity index (χ4n) is 3.00. The molecule has 2 aliphatic heterocycles. The first-order valence-electron chi connectivity index (χ1n) is 5.78. The zero-order valence-corrected chi connectivity index (χ0v) is 8.70. The maximum absolute atomic E-state index is 12.1. The van der Waals surface area contributed by atoms with Gasteiger partial charge >= 0.3 is 0 Å². The third-order valence-corrected chi connectivity index (χ3v) is 4.16. The molecule has 78 valence electrons. The number of nitrogens with one attached hydrogen (secondary N) is 1. The summed E-state index contributed by atoms with van der Waals surface area (Å²) in [6.45, 7) is 5.34. The number of hydrogen-bond donors (Lipinski definition) is 1. The molecule has 3 rings (SSSR count). The lowest BCUT2D eigenvalue weighted by molar-refractivity contribution is -0.133. The Bertz CT molecular complexity index is 266. The lowest BCUT2D eigenvalue weighted by Gasteiger charge is -2.23. The Kier molecular flexibility index (Phi) is 1.84. The van der Waals surface area contributed by atoms with Gasteiger partial charge in [0, 0.05) is 31.6 Å². The second-order valence-corrected chi connectivity index (χ2v) is 5.13. The lowest BCUT2D eigenvalue weighted by atomic mass is 10.1. The van der Waals surface area contributed by atoms with Gasteiger partial charge in [0.25, 0.3) is 0 Å². The Labute approximate surface area is 84.8 Å². The molecule has 14 heavy (non-hydrogen) atoms. The Morgan fingerprint density at radius 3 is 2.93 bits per heavy atom. The maximum atomic E-state index is 12.1. The highest BCUT2D eigenvalue weighted by molar-refractivity contribution is 5.82. The SMILES string of the molecule is CC1CC1C(=O)N1CC[C@H]2CNC[C@H]21. The molecule has 2 unspecified atom stereocenters. The molecule has 3 aliphatic rings. The first-order valence-corrected chi connectivity index (χ1v) is 5.78. The first kappa shape index (κ1) is 8.72. The molecule has 4 atom stereocenters. The Morgan fingerprint density at radius 2 is 2.21 bits per heavy atom. The predicted octanol–water partition coefficient (Wildman–Crippen LogP) is 0.463. The number of likely N-dealkylation sites (tertiary alicyclic amines) is 1. The monoisotopic (exact) mass is 194 g/mol. The van der Waals surface area contributed by atoms with Crippen molar-refractivity contribution in [3.63, 3.8) is 0 Å². The van der Waals surface area contributed by atoms with Gasteiger partial charge in [-0.15, -0.1) is 0 Å². The number of amides is 1. The van der Waals surface area contributed by atoms with Gasteiger partial charge in [-0.05, 0) is 24.7 Å². The van der Waals surface area contributed by atoms with E-state index in [1.54, 1.807) is 0 Å². The van der Waals surface area contributed by atoms with E-state index in [2.05, 4.69) is 17.1 Å². The maximum Gasteiger partial charge on any atom is 0.226 e. The Morgan fingerprint density at radius 1 is 1.43 bits per heavy atom. The molecule has 0 aromatic heterocycles. The molecule has 3 heteroatoms. The van der Waals surface area contributed by atoms with Crippen LogP contribution in [0.2, 0.25) is 0 Å². The highest BCUT2D eigenvalue weighted by Gasteiger charge is 2.47. The average Bonchev–Trinajstić information content (AvgIpc) is 2.64. The normalized spacial score (nSPS) is 45.4. The van der Waals surface area contributed by atoms with Crippen LogP contribution in [0.1, 0.15) is 19.8 Å². The van der Waals surface area contributed by atoms with E-state index in [0.29, 0.717) is 23.8 Å². The number of rotatable bonds is 1. The molecule has 0 radical (unpaired) electrons. The molecule has 1 N–H and O–H groups in total. The van der Waals surface area contributed by atoms with E-state index in [0.717, 1.165) is 32.0 Å². The largest absolute Gasteiger partial charge is 0.338 e. The van der Waals surface area contributed by atoms with Crippen molar-refractivity contribution in [3.05, 3.63) is 0 Å². The number of fused-ring (bicyclic) bond motifs is 1. The minimum atomic E-state index is 0.370. The summed E-state index contributed by atoms with van der Waals surface area (Å²) in [7, 11) is 0. The van der Waals surface area contributed by atoms with Crippen molar-refractivity contribution in [2.45, 2.75) is 25.8 Å². The van der Waals surface area contributed by atoms with E-state index in [1.807, 2.05) is 0 Å². The standard InChI is InChI=1S/C11H18N2O/c1-7-4-9(7)11(14)13-3-2-8-5-12-6-10(8)13/h7-10,12H,2-6H2,1H3/t7?,8-,9?,10+/m0/s1. The zero-order valence-electron chi connectivity index (χ0n) is 8.70. The van der Waals surface area contributed by atoms with Crippen LogP contribution in [0, 0.1) is 17.8 Å². The molecule has 3 nitrogen and oxygen atoms in total. The summed E-state index contributed by atoms with van der Waals surface area (Å²) in [5.41, 5.74) is 0. The van der Waals surface area contributed by atoms with E-state index in [1.165, 1.54) is 6.42 Å². The molecule has 0 aromatic rings. The van der Waals surface area contributed by atoms with E-state index in [9.17, 15) is 4.79 Å². The van der Waals surface area contributed by atoms with Crippen LogP contribution in [0.5, 0.6) is 0 Å². The van der Waals surface area contributed by atoms with Crippen LogP contribution in [-0.2, 0) is 4.79 Å². The number of hydrogen-bond acceptors (Lipinski definition) is 2. The van der Waals surface area contributed by atoms with Gasteiger partial charge in [0.2, 0.25) is 5.91 Å². The van der Waals surface area contributed by atoms with Gasteiger partial charge < -0.3 is 10.2 Å². The van der Waals surface area contributed by atoms with Gasteiger partial charge in [-0.3, -0.25) is 4.79 Å². The molecule has 1 saturated carbocycles. The minimum absolute atomic E-state index is 0.370. The number of carbonyl (C=O) groups excluding carboxylic acids is 1. The fraction of sp³-hybridized carbons (Fsp3) is 0.909. The van der Waals surface area contributed by atoms with E-state index >= 15 is 0 Å². The van der Waals surface area contributed by atoms with E-state index in [-0.39, 0.29) is 0 Å². The van der Waals surface area contributed by atoms with Gasteiger partial charge in [-0.1, -0.05) is 6.92 Å². The molecule has 0 bridgehead atoms. The van der Waals surface area contributed by atoms with Gasteiger partial charge in [0.15, 0.2) is 0 Å². The summed E-state index contributed by atoms with van der Waals surface area (Å²) in [6.07, 6.45) is 2.34. The van der Waals surface area contributed by atoms with Crippen LogP contribution in [0.4, 0.5) is 0 Å². The summed E-state index contributed by atoms with van der Waals surface area (Å²) in [6, 6.07) is 0.523. The van der Waals surface area contributed by atoms with Crippen LogP contribution < -0.4 is 5.32 Å². The third-order valence-electron chi connectivity index (χ3n) is 4.16. The fourth-order valence-corrected chi connectivity index (χ4v) is 3.00. The topological polar surface area (TPSA) is 32.3 Å². The molecule has 0 spiro atoms. The second-order valence-electron chi connectivity index (χ2n) is 5.13. The molecule has 0 aromatic carbocycles. The van der Waals surface area contributed by atoms with Crippen LogP contribution >= 0.6 is 0 Å². The van der Waals surface area contributed by atoms with Crippen LogP contribution in [0.15, 0.2) is 0 Å². The quantitative estimate of drug-likeness (QED) is 0.658. The first-order chi connectivity index (χ1) is 6.77. The Hall–Kier alpha value is -0.570. The summed E-state index contributed by atoms with van der Waals surface area (Å²) < 4.78 is 0. The third kappa shape index (κ3) is 1.18. The number of carbonyl (C=O) groups is 1. The van der Waals surface area contributed by atoms with Crippen molar-refractivity contribution < 1.29 is 4.79 Å². The van der Waals surface area contributed by atoms with Gasteiger partial charge in [0.1, 0.15) is 0 Å². The molecule has 3 fully saturated rings. The van der Waals surface area contributed by atoms with Gasteiger partial charge in [-0.25, -0.2) is 0 Å². The van der Waals surface area contributed by atoms with Gasteiger partial charge in [0.05, 0.1) is 0 Å². The van der Waals surface area contributed by atoms with Gasteiger partial charge in [-0.2, -0.15) is 0 Å². The van der Waals surface area contributed by atoms with Crippen LogP contribution in [-0.4, -0.2) is 36.5 Å². The van der Waals surface area contributed by atoms with Crippen molar-refractivity contribution >= 4 is 5.91 Å². The average molecular weight is 194 g/mol. The molecule has 2 heterocycles. The van der Waals surface area contributed by atoms with Crippen molar-refractivity contribution in [2.75, 3.05) is 19.6 Å². The minimum Gasteiger partial charge on any atom is -0.338 e. The van der Waals surface area contributed by atoms with Crippen molar-refractivity contribution in [2.24, 2.45) is 17.8 Å². The lowest BCUT2D eigenvalue weighted by Crippen LogP contribution is -2.40. The van der Waals surface area contributed by atoms with E-state index < -0.39 is 0 Å². The summed E-state index contributed by atoms with van der Waals surface area (Å²) >= 11 is 0. The predicted molar refractivity (Wildman–Crippen MR) is 53.7 cm³/mol. The second kappa shape index (κ2) is 2.96. The van der Waals surface area contributed by atoms with Crippen molar-refractivity contribution in [3.8, 4) is 0 Å². The van der Waals surface area contributed by atoms with Crippen LogP contribution in [0.3, 0.4) is 0 Å². The summed E-state index contributed by atoms with van der Waals surface area (Å²) in [5, 5.41) is 3.39. The highest BCUT2D eigenvalue weighted by Crippen LogP contribution is 2.41. The summed E-state index contributed by atoms with van der Waals surface area (Å²) in [4.78, 5) is 14.2. The summed E-state index contributed by atoms with van der Waals surface area (Å²) in [5.74, 6) is 2.20. The Balaban J connectivity index is 1.70.